The summed E-state index contributed by atoms with van der Waals surface area (Å²) in [7, 11) is 0. The largest absolute Gasteiger partial charge is 0.481 e. The van der Waals surface area contributed by atoms with E-state index in [-0.39, 0.29) is 6.42 Å². The van der Waals surface area contributed by atoms with Gasteiger partial charge in [-0.2, -0.15) is 0 Å². The van der Waals surface area contributed by atoms with Crippen LogP contribution >= 0.6 is 0 Å². The monoisotopic (exact) mass is 208 g/mol. The highest BCUT2D eigenvalue weighted by molar-refractivity contribution is 5.70. The molecule has 1 fully saturated rings. The minimum Gasteiger partial charge on any atom is -0.481 e. The summed E-state index contributed by atoms with van der Waals surface area (Å²) in [6, 6.07) is 7.15. The van der Waals surface area contributed by atoms with Gasteiger partial charge in [0.25, 0.3) is 0 Å². The molecule has 0 aromatic heterocycles. The Morgan fingerprint density at radius 2 is 1.80 bits per heavy atom. The van der Waals surface area contributed by atoms with Crippen molar-refractivity contribution in [1.29, 1.82) is 0 Å². The molecule has 0 atom stereocenters. The van der Waals surface area contributed by atoms with Gasteiger partial charge in [-0.15, -0.1) is 0 Å². The van der Waals surface area contributed by atoms with Crippen LogP contribution < -0.4 is 0 Å². The maximum atomic E-state index is 13.4. The molecule has 15 heavy (non-hydrogen) atoms. The zero-order chi connectivity index (χ0) is 10.9. The van der Waals surface area contributed by atoms with Crippen molar-refractivity contribution in [3.8, 4) is 0 Å². The molecule has 1 aliphatic rings. The maximum absolute atomic E-state index is 13.4. The minimum absolute atomic E-state index is 0.0288. The number of hydrogen-bond donors (Lipinski definition) is 1. The third-order valence-corrected chi connectivity index (χ3v) is 2.69. The van der Waals surface area contributed by atoms with E-state index in [1.54, 1.807) is 12.1 Å². The number of carboxylic acids is 1. The molecule has 1 N–H and O–H groups in total. The Balaban J connectivity index is 2.00. The van der Waals surface area contributed by atoms with Crippen molar-refractivity contribution in [2.75, 3.05) is 0 Å². The molecule has 0 bridgehead atoms. The van der Waals surface area contributed by atoms with Crippen LogP contribution in [0.4, 0.5) is 4.39 Å². The summed E-state index contributed by atoms with van der Waals surface area (Å²) >= 11 is 0. The lowest BCUT2D eigenvalue weighted by Crippen LogP contribution is -2.05. The smallest absolute Gasteiger partial charge is 0.307 e. The average Bonchev–Trinajstić information content (AvgIpc) is 2.86. The first kappa shape index (κ1) is 10.1. The predicted octanol–water partition coefficient (Wildman–Crippen LogP) is 2.36. The van der Waals surface area contributed by atoms with Crippen LogP contribution in [0.5, 0.6) is 0 Å². The van der Waals surface area contributed by atoms with Crippen molar-refractivity contribution in [1.82, 2.24) is 0 Å². The fourth-order valence-electron chi connectivity index (χ4n) is 1.63. The molecule has 1 aromatic carbocycles. The first-order chi connectivity index (χ1) is 7.07. The summed E-state index contributed by atoms with van der Waals surface area (Å²) in [6.45, 7) is 0. The highest BCUT2D eigenvalue weighted by atomic mass is 19.1. The number of alkyl halides is 1. The van der Waals surface area contributed by atoms with Gasteiger partial charge in [0.15, 0.2) is 0 Å². The molecule has 2 rings (SSSR count). The van der Waals surface area contributed by atoms with Gasteiger partial charge >= 0.3 is 5.97 Å². The molecular formula is C12H13FO2. The van der Waals surface area contributed by atoms with Gasteiger partial charge < -0.3 is 5.11 Å². The van der Waals surface area contributed by atoms with Crippen LogP contribution in [-0.4, -0.2) is 16.7 Å². The summed E-state index contributed by atoms with van der Waals surface area (Å²) in [5.41, 5.74) is 0.730. The maximum Gasteiger partial charge on any atom is 0.307 e. The normalized spacial score (nSPS) is 17.4. The van der Waals surface area contributed by atoms with Gasteiger partial charge in [0, 0.05) is 6.42 Å². The number of carboxylic acid groups (broad SMARTS) is 1. The van der Waals surface area contributed by atoms with Crippen LogP contribution in [0.15, 0.2) is 24.3 Å². The Kier molecular flexibility index (Phi) is 2.47. The van der Waals surface area contributed by atoms with E-state index >= 15 is 0 Å². The SMILES string of the molecule is O=C(O)Cc1ccc(CC2(F)CC2)cc1. The zero-order valence-electron chi connectivity index (χ0n) is 8.37. The number of benzene rings is 1. The second-order valence-electron chi connectivity index (χ2n) is 4.21. The van der Waals surface area contributed by atoms with E-state index < -0.39 is 11.6 Å². The van der Waals surface area contributed by atoms with Gasteiger partial charge in [-0.25, -0.2) is 4.39 Å². The summed E-state index contributed by atoms with van der Waals surface area (Å²) in [5, 5.41) is 8.57. The van der Waals surface area contributed by atoms with Crippen LogP contribution in [0.1, 0.15) is 24.0 Å². The lowest BCUT2D eigenvalue weighted by molar-refractivity contribution is -0.136. The van der Waals surface area contributed by atoms with E-state index in [1.807, 2.05) is 12.1 Å². The zero-order valence-corrected chi connectivity index (χ0v) is 8.37. The molecule has 1 saturated carbocycles. The van der Waals surface area contributed by atoms with Gasteiger partial charge in [-0.3, -0.25) is 4.79 Å². The molecular weight excluding hydrogens is 195 g/mol. The van der Waals surface area contributed by atoms with Crippen molar-refractivity contribution < 1.29 is 14.3 Å². The lowest BCUT2D eigenvalue weighted by atomic mass is 10.0. The number of aliphatic carboxylic acids is 1. The Morgan fingerprint density at radius 3 is 2.27 bits per heavy atom. The van der Waals surface area contributed by atoms with Gasteiger partial charge in [-0.1, -0.05) is 24.3 Å². The van der Waals surface area contributed by atoms with E-state index in [1.165, 1.54) is 0 Å². The fraction of sp³-hybridized carbons (Fsp3) is 0.417. The second kappa shape index (κ2) is 3.65. The average molecular weight is 208 g/mol. The molecule has 80 valence electrons. The van der Waals surface area contributed by atoms with Crippen LogP contribution in [0.2, 0.25) is 0 Å². The summed E-state index contributed by atoms with van der Waals surface area (Å²) in [5.74, 6) is -0.841. The lowest BCUT2D eigenvalue weighted by Gasteiger charge is -2.05. The third-order valence-electron chi connectivity index (χ3n) is 2.69. The molecule has 1 aliphatic carbocycles. The highest BCUT2D eigenvalue weighted by Gasteiger charge is 2.42. The molecule has 2 nitrogen and oxygen atoms in total. The van der Waals surface area contributed by atoms with E-state index in [2.05, 4.69) is 0 Å². The summed E-state index contributed by atoms with van der Waals surface area (Å²) < 4.78 is 13.4. The van der Waals surface area contributed by atoms with E-state index in [4.69, 9.17) is 5.11 Å². The number of carbonyl (C=O) groups is 1. The molecule has 0 saturated heterocycles. The standard InChI is InChI=1S/C12H13FO2/c13-12(5-6-12)8-10-3-1-9(2-4-10)7-11(14)15/h1-4H,5-8H2,(H,14,15). The minimum atomic E-state index is -0.978. The number of rotatable bonds is 4. The fourth-order valence-corrected chi connectivity index (χ4v) is 1.63. The topological polar surface area (TPSA) is 37.3 Å². The Hall–Kier alpha value is -1.38. The Morgan fingerprint density at radius 1 is 1.27 bits per heavy atom. The van der Waals surface area contributed by atoms with Crippen molar-refractivity contribution in [3.63, 3.8) is 0 Å². The second-order valence-corrected chi connectivity index (χ2v) is 4.21. The highest BCUT2D eigenvalue weighted by Crippen LogP contribution is 2.42. The third kappa shape index (κ3) is 2.78. The van der Waals surface area contributed by atoms with Gasteiger partial charge in [0.2, 0.25) is 0 Å². The molecule has 0 amide bonds. The summed E-state index contributed by atoms with van der Waals surface area (Å²) in [6.07, 6.45) is 1.80. The molecule has 0 radical (unpaired) electrons. The van der Waals surface area contributed by atoms with Crippen molar-refractivity contribution in [3.05, 3.63) is 35.4 Å². The van der Waals surface area contributed by atoms with Gasteiger partial charge in [-0.05, 0) is 24.0 Å². The van der Waals surface area contributed by atoms with Gasteiger partial charge in [0.1, 0.15) is 5.67 Å². The molecule has 0 aliphatic heterocycles. The molecule has 0 heterocycles. The first-order valence-corrected chi connectivity index (χ1v) is 5.06. The molecule has 0 unspecified atom stereocenters. The van der Waals surface area contributed by atoms with Crippen LogP contribution in [0, 0.1) is 0 Å². The van der Waals surface area contributed by atoms with Crippen LogP contribution in [-0.2, 0) is 17.6 Å². The number of hydrogen-bond acceptors (Lipinski definition) is 1. The molecule has 3 heteroatoms. The molecule has 1 aromatic rings. The quantitative estimate of drug-likeness (QED) is 0.824. The van der Waals surface area contributed by atoms with E-state index in [0.29, 0.717) is 19.3 Å². The van der Waals surface area contributed by atoms with Crippen molar-refractivity contribution in [2.24, 2.45) is 0 Å². The Labute approximate surface area is 87.7 Å². The molecule has 0 spiro atoms. The van der Waals surface area contributed by atoms with Crippen LogP contribution in [0.3, 0.4) is 0 Å². The van der Waals surface area contributed by atoms with E-state index in [9.17, 15) is 9.18 Å². The van der Waals surface area contributed by atoms with Crippen molar-refractivity contribution in [2.45, 2.75) is 31.4 Å². The summed E-state index contributed by atoms with van der Waals surface area (Å²) in [4.78, 5) is 10.4. The van der Waals surface area contributed by atoms with Gasteiger partial charge in [0.05, 0.1) is 6.42 Å². The predicted molar refractivity (Wildman–Crippen MR) is 54.6 cm³/mol. The first-order valence-electron chi connectivity index (χ1n) is 5.06. The van der Waals surface area contributed by atoms with Crippen molar-refractivity contribution >= 4 is 5.97 Å². The van der Waals surface area contributed by atoms with Crippen LogP contribution in [0.25, 0.3) is 0 Å². The van der Waals surface area contributed by atoms with E-state index in [0.717, 1.165) is 11.1 Å². The number of halogens is 1. The Bertz CT molecular complexity index is 366.